The molecule has 28 nitrogen and oxygen atoms in total. The monoisotopic (exact) mass is 1590 g/mol. The Morgan fingerprint density at radius 2 is 1.35 bits per heavy atom. The Labute approximate surface area is 630 Å². The van der Waals surface area contributed by atoms with Gasteiger partial charge in [0.1, 0.15) is 41.6 Å². The van der Waals surface area contributed by atoms with Gasteiger partial charge >= 0.3 is 50.8 Å². The van der Waals surface area contributed by atoms with Crippen molar-refractivity contribution in [1.29, 1.82) is 0 Å². The molecule has 0 aliphatic carbocycles. The van der Waals surface area contributed by atoms with Gasteiger partial charge < -0.3 is 54.3 Å². The number of phosphoric acid groups is 1. The average Bonchev–Trinajstić information content (AvgIpc) is 1.76. The number of fused-ring (bicyclic) bond motifs is 2. The summed E-state index contributed by atoms with van der Waals surface area (Å²) < 4.78 is 192. The number of phosphoric ester groups is 1. The predicted octanol–water partition coefficient (Wildman–Crippen LogP) is 8.50. The van der Waals surface area contributed by atoms with Crippen LogP contribution < -0.4 is 30.8 Å². The smallest absolute Gasteiger partial charge is 0.480 e. The molecule has 39 heteroatoms. The van der Waals surface area contributed by atoms with Crippen LogP contribution in [0.3, 0.4) is 0 Å². The van der Waals surface area contributed by atoms with Gasteiger partial charge in [0, 0.05) is 90.9 Å². The number of ether oxygens (including phenoxy) is 4. The molecule has 5 aromatic rings. The Morgan fingerprint density at radius 1 is 0.784 bits per heavy atom. The van der Waals surface area contributed by atoms with Gasteiger partial charge in [0.05, 0.1) is 81.0 Å². The maximum atomic E-state index is 16.9. The first-order valence-electron chi connectivity index (χ1n) is 34.6. The van der Waals surface area contributed by atoms with Crippen molar-refractivity contribution >= 4 is 55.6 Å². The van der Waals surface area contributed by atoms with Crippen molar-refractivity contribution in [3.8, 4) is 28.8 Å². The van der Waals surface area contributed by atoms with E-state index in [1.165, 1.54) is 63.5 Å². The molecule has 6 heterocycles. The molecule has 4 saturated heterocycles. The lowest BCUT2D eigenvalue weighted by atomic mass is 9.77. The molecule has 4 fully saturated rings. The molecule has 3 aromatic carbocycles. The highest BCUT2D eigenvalue weighted by molar-refractivity contribution is 7.46. The molecule has 0 saturated carbocycles. The number of nitrogens with one attached hydrogen (secondary N) is 4. The first-order valence-corrected chi connectivity index (χ1v) is 36.1. The van der Waals surface area contributed by atoms with Gasteiger partial charge in [-0.05, 0) is 107 Å². The van der Waals surface area contributed by atoms with E-state index in [2.05, 4.69) is 63.5 Å². The van der Waals surface area contributed by atoms with Gasteiger partial charge in [0.2, 0.25) is 17.8 Å². The zero-order valence-electron chi connectivity index (χ0n) is 61.5. The molecule has 4 aliphatic heterocycles. The van der Waals surface area contributed by atoms with Crippen LogP contribution in [0.4, 0.5) is 59.4 Å². The summed E-state index contributed by atoms with van der Waals surface area (Å²) in [5.74, 6) is -4.68. The molecule has 0 spiro atoms. The third-order valence-electron chi connectivity index (χ3n) is 19.9. The van der Waals surface area contributed by atoms with Crippen LogP contribution in [0.1, 0.15) is 113 Å². The number of hydrogen-bond acceptors (Lipinski definition) is 19. The van der Waals surface area contributed by atoms with Crippen molar-refractivity contribution in [2.45, 2.75) is 166 Å². The molecule has 2 bridgehead atoms. The van der Waals surface area contributed by atoms with Crippen LogP contribution in [0, 0.1) is 41.2 Å². The van der Waals surface area contributed by atoms with E-state index < -0.39 is 182 Å². The van der Waals surface area contributed by atoms with Gasteiger partial charge in [-0.3, -0.25) is 39.3 Å². The van der Waals surface area contributed by atoms with Crippen molar-refractivity contribution < 1.29 is 120 Å². The zero-order chi connectivity index (χ0) is 81.8. The summed E-state index contributed by atoms with van der Waals surface area (Å²) in [6, 6.07) is 2.25. The number of aryl methyl sites for hydroxylation is 1. The molecule has 4 aliphatic rings. The fourth-order valence-corrected chi connectivity index (χ4v) is 14.2. The minimum Gasteiger partial charge on any atom is -0.480 e. The van der Waals surface area contributed by atoms with E-state index >= 15 is 44.7 Å². The molecule has 7 atom stereocenters. The quantitative estimate of drug-likeness (QED) is 0.00469. The number of carboxylic acids is 1. The van der Waals surface area contributed by atoms with Gasteiger partial charge in [-0.2, -0.15) is 40.2 Å². The Kier molecular flexibility index (Phi) is 26.0. The molecular weight excluding hydrogens is 1510 g/mol. The first-order chi connectivity index (χ1) is 51.8. The molecule has 2 aromatic heterocycles. The van der Waals surface area contributed by atoms with Crippen molar-refractivity contribution in [3.63, 3.8) is 0 Å². The number of aliphatic carboxylic acids is 1. The van der Waals surface area contributed by atoms with E-state index in [1.807, 2.05) is 5.32 Å². The van der Waals surface area contributed by atoms with Crippen LogP contribution in [0.5, 0.6) is 5.75 Å². The summed E-state index contributed by atoms with van der Waals surface area (Å²) in [6.07, 6.45) is -13.2. The van der Waals surface area contributed by atoms with Gasteiger partial charge in [-0.1, -0.05) is 56.0 Å². The largest absolute Gasteiger partial charge is 0.524 e. The van der Waals surface area contributed by atoms with E-state index in [0.29, 0.717) is 112 Å². The number of piperazine rings is 1. The summed E-state index contributed by atoms with van der Waals surface area (Å²) in [5, 5.41) is 20.1. The molecule has 7 N–H and O–H groups in total. The number of hydrogen-bond donors (Lipinski definition) is 7. The number of rotatable bonds is 28. The molecular formula is C72H83F10N12O16P. The van der Waals surface area contributed by atoms with E-state index in [1.54, 1.807) is 5.32 Å². The SMILES string of the molecule is C=C1C[C@@H](C(=O)O)N(C(=O)Cc2cc(C)cc(OP(=O)(O)O)c2C(C)(C)CC(=O)O[C@@H](CN(Cc2c(F)cc(-c3ccn(C(F)F)n3)cc2F)NC(=O)[C@@H](NC(=O)OC)C(C)(C)C(F)(F)F)[C@H](Cc2ccc(C#Cc3cnc(N4CC5CCC(C4)N5C4COC4)nc3)cc2)NC(=O)[C@@H](NC(=O)OC)C(C)(C)C(F)(F)F)C1. The lowest BCUT2D eigenvalue weighted by Gasteiger charge is -2.47. The highest BCUT2D eigenvalue weighted by Gasteiger charge is 2.58. The number of anilines is 1. The number of alkyl halides is 8. The zero-order valence-corrected chi connectivity index (χ0v) is 62.4. The minimum atomic E-state index is -5.60. The van der Waals surface area contributed by atoms with Gasteiger partial charge in [0.25, 0.3) is 5.91 Å². The van der Waals surface area contributed by atoms with Gasteiger partial charge in [-0.25, -0.2) is 47.4 Å². The topological polar surface area (TPSA) is 348 Å². The van der Waals surface area contributed by atoms with Gasteiger partial charge in [0.15, 0.2) is 0 Å². The molecule has 2 unspecified atom stereocenters. The maximum absolute atomic E-state index is 16.9. The number of esters is 1. The summed E-state index contributed by atoms with van der Waals surface area (Å²) in [6.45, 7) is 6.31. The second kappa shape index (κ2) is 34.0. The van der Waals surface area contributed by atoms with Crippen LogP contribution in [0.25, 0.3) is 11.3 Å². The normalized spacial score (nSPS) is 18.3. The Hall–Kier alpha value is -9.93. The standard InChI is InChI=1S/C72H83F10N12O16P/c1-38-21-44(27-56(95)92-31-39(2)22-53(92)63(99)100)58(54(23-38)110-111(103,104)105)68(3,4)28-57(96)109-55(35-91(89-62(98)60(87-67(102)107-10)70(7,8)72(80,81)82)34-48-49(73)25-43(26-50(48)74)51-19-20-93(88-51)64(75)76)52(85-61(97)59(86-66(101)106-9)69(5,6)71(77,78)79)24-41-14-11-40(12-15-41)13-16-42-29-83-65(84-30-42)90-32-45-17-18-46(33-90)94(45)47-36-108-37-47/h11-12,14-15,19-21,23,25-26,29-30,45-47,52-53,55,59-60,64H,2,17-18,22,24,27-28,31-37H2,1,3-10H3,(H,85,97)(H,86,101)(H,87,102)(H,89,98)(H,99,100)(H2,103,104,105)/t45?,46?,52-,53-,55-,59+,60+/m0/s1. The van der Waals surface area contributed by atoms with Crippen molar-refractivity contribution in [2.24, 2.45) is 10.8 Å². The number of carbonyl (C=O) groups is 7. The van der Waals surface area contributed by atoms with Crippen LogP contribution in [-0.2, 0) is 72.3 Å². The molecule has 5 amide bonds. The number of aromatic nitrogens is 4. The van der Waals surface area contributed by atoms with E-state index in [4.69, 9.17) is 14.0 Å². The van der Waals surface area contributed by atoms with Crippen LogP contribution >= 0.6 is 7.82 Å². The fraction of sp³-hybridized carbons (Fsp3) is 0.500. The van der Waals surface area contributed by atoms with Crippen LogP contribution in [0.2, 0.25) is 0 Å². The number of amides is 5. The highest BCUT2D eigenvalue weighted by atomic mass is 31.2. The van der Waals surface area contributed by atoms with E-state index in [0.717, 1.165) is 50.3 Å². The molecule has 9 rings (SSSR count). The molecule has 0 radical (unpaired) electrons. The molecule has 111 heavy (non-hydrogen) atoms. The summed E-state index contributed by atoms with van der Waals surface area (Å²) in [7, 11) is -4.13. The third kappa shape index (κ3) is 20.4. The summed E-state index contributed by atoms with van der Waals surface area (Å²) in [5.41, 5.74) is -7.56. The number of alkyl carbamates (subject to hydrolysis) is 2. The van der Waals surface area contributed by atoms with Gasteiger partial charge in [-0.15, -0.1) is 0 Å². The predicted molar refractivity (Wildman–Crippen MR) is 373 cm³/mol. The minimum absolute atomic E-state index is 0.0816. The lowest BCUT2D eigenvalue weighted by Crippen LogP contribution is -2.64. The number of halogens is 10. The number of benzene rings is 3. The lowest BCUT2D eigenvalue weighted by molar-refractivity contribution is -0.221. The Bertz CT molecular complexity index is 4400. The number of carbonyl (C=O) groups excluding carboxylic acids is 6. The second-order valence-electron chi connectivity index (χ2n) is 29.3. The van der Waals surface area contributed by atoms with Crippen molar-refractivity contribution in [1.82, 2.24) is 55.9 Å². The number of hydrazine groups is 1. The fourth-order valence-electron chi connectivity index (χ4n) is 13.8. The van der Waals surface area contributed by atoms with Crippen LogP contribution in [0.15, 0.2) is 85.3 Å². The maximum Gasteiger partial charge on any atom is 0.524 e. The summed E-state index contributed by atoms with van der Waals surface area (Å²) >= 11 is 0. The van der Waals surface area contributed by atoms with E-state index in [9.17, 15) is 52.2 Å². The number of likely N-dealkylation sites (tertiary alicyclic amines) is 1. The third-order valence-corrected chi connectivity index (χ3v) is 20.4. The second-order valence-corrected chi connectivity index (χ2v) is 30.4. The first kappa shape index (κ1) is 85.1. The number of nitrogens with zero attached hydrogens (tertiary/aromatic N) is 8. The Morgan fingerprint density at radius 3 is 1.86 bits per heavy atom. The molecule has 602 valence electrons. The summed E-state index contributed by atoms with van der Waals surface area (Å²) in [4.78, 5) is 133. The number of methoxy groups -OCH3 is 2. The van der Waals surface area contributed by atoms with E-state index in [-0.39, 0.29) is 39.9 Å². The van der Waals surface area contributed by atoms with Crippen LogP contribution in [-0.4, -0.2) is 206 Å². The van der Waals surface area contributed by atoms with Crippen molar-refractivity contribution in [3.05, 3.63) is 136 Å². The van der Waals surface area contributed by atoms with Crippen molar-refractivity contribution in [2.75, 3.05) is 58.5 Å². The Balaban J connectivity index is 1.17. The highest BCUT2D eigenvalue weighted by Crippen LogP contribution is 2.47. The number of carboxylic acid groups (broad SMARTS) is 1. The average molecular weight is 1590 g/mol.